The molecule has 1 N–H and O–H groups in total. The lowest BCUT2D eigenvalue weighted by Gasteiger charge is -2.43. The van der Waals surface area contributed by atoms with E-state index in [0.717, 1.165) is 48.6 Å². The number of aromatic carboxylic acids is 1. The van der Waals surface area contributed by atoms with E-state index in [0.29, 0.717) is 24.2 Å². The van der Waals surface area contributed by atoms with Crippen molar-refractivity contribution in [1.82, 2.24) is 19.7 Å². The molecule has 1 aliphatic carbocycles. The van der Waals surface area contributed by atoms with Gasteiger partial charge in [0.25, 0.3) is 0 Å². The Kier molecular flexibility index (Phi) is 8.06. The van der Waals surface area contributed by atoms with E-state index in [-0.39, 0.29) is 17.0 Å². The quantitative estimate of drug-likeness (QED) is 0.246. The van der Waals surface area contributed by atoms with E-state index in [1.54, 1.807) is 6.07 Å². The fraction of sp³-hybridized carbons (Fsp3) is 0.417. The minimum absolute atomic E-state index is 0.0247. The van der Waals surface area contributed by atoms with Gasteiger partial charge in [0.15, 0.2) is 5.82 Å². The van der Waals surface area contributed by atoms with Crippen LogP contribution in [-0.2, 0) is 24.3 Å². The van der Waals surface area contributed by atoms with Crippen LogP contribution in [-0.4, -0.2) is 62.6 Å². The van der Waals surface area contributed by atoms with E-state index in [4.69, 9.17) is 19.2 Å². The van der Waals surface area contributed by atoms with Crippen LogP contribution in [0.4, 0.5) is 0 Å². The number of aryl methyl sites for hydroxylation is 1. The Hall–Kier alpha value is -4.21. The van der Waals surface area contributed by atoms with Crippen molar-refractivity contribution in [3.8, 4) is 28.7 Å². The van der Waals surface area contributed by atoms with Gasteiger partial charge in [0.1, 0.15) is 17.9 Å². The third-order valence-electron chi connectivity index (χ3n) is 9.85. The number of rotatable bonds is 8. The maximum Gasteiger partial charge on any atom is 0.342 e. The van der Waals surface area contributed by atoms with Gasteiger partial charge in [-0.05, 0) is 92.3 Å². The molecule has 2 aromatic carbocycles. The van der Waals surface area contributed by atoms with Gasteiger partial charge in [-0.25, -0.2) is 9.78 Å². The molecule has 1 spiro atoms. The van der Waals surface area contributed by atoms with Crippen molar-refractivity contribution >= 4 is 5.97 Å². The van der Waals surface area contributed by atoms with Crippen LogP contribution in [0.25, 0.3) is 17.1 Å². The zero-order valence-electron chi connectivity index (χ0n) is 26.0. The highest BCUT2D eigenvalue weighted by molar-refractivity contribution is 5.90. The Labute approximate surface area is 263 Å². The molecule has 1 saturated heterocycles. The number of aromatic nitrogens is 3. The molecule has 1 saturated carbocycles. The maximum atomic E-state index is 11.6. The number of ether oxygens (including phenoxy) is 3. The fourth-order valence-corrected chi connectivity index (χ4v) is 7.41. The second-order valence-corrected chi connectivity index (χ2v) is 12.6. The van der Waals surface area contributed by atoms with E-state index in [9.17, 15) is 9.90 Å². The summed E-state index contributed by atoms with van der Waals surface area (Å²) < 4.78 is 19.4. The van der Waals surface area contributed by atoms with Crippen LogP contribution in [0.2, 0.25) is 0 Å². The minimum atomic E-state index is -1.11. The lowest BCUT2D eigenvalue weighted by Crippen LogP contribution is -2.45. The molecule has 0 amide bonds. The highest BCUT2D eigenvalue weighted by atomic mass is 16.5. The Balaban J connectivity index is 1.05. The van der Waals surface area contributed by atoms with Crippen LogP contribution in [0, 0.1) is 6.92 Å². The van der Waals surface area contributed by atoms with Gasteiger partial charge in [0, 0.05) is 31.3 Å². The molecule has 9 heteroatoms. The molecule has 2 fully saturated rings. The van der Waals surface area contributed by atoms with Crippen LogP contribution >= 0.6 is 0 Å². The fourth-order valence-electron chi connectivity index (χ4n) is 7.41. The van der Waals surface area contributed by atoms with Gasteiger partial charge in [0.05, 0.1) is 24.6 Å². The molecule has 45 heavy (non-hydrogen) atoms. The molecule has 4 aromatic rings. The maximum absolute atomic E-state index is 11.6. The first-order valence-electron chi connectivity index (χ1n) is 16.0. The first kappa shape index (κ1) is 29.5. The average molecular weight is 609 g/mol. The minimum Gasteiger partial charge on any atom is -0.488 e. The summed E-state index contributed by atoms with van der Waals surface area (Å²) in [6, 6.07) is 19.0. The first-order chi connectivity index (χ1) is 21.9. The van der Waals surface area contributed by atoms with Gasteiger partial charge in [-0.15, -0.1) is 0 Å². The van der Waals surface area contributed by atoms with Crippen LogP contribution < -0.4 is 9.47 Å². The van der Waals surface area contributed by atoms with Crippen molar-refractivity contribution in [2.45, 2.75) is 76.7 Å². The number of hydrogen-bond acceptors (Lipinski definition) is 7. The van der Waals surface area contributed by atoms with Gasteiger partial charge in [-0.2, -0.15) is 9.78 Å². The van der Waals surface area contributed by atoms with E-state index < -0.39 is 5.97 Å². The summed E-state index contributed by atoms with van der Waals surface area (Å²) in [6.45, 7) is 5.56. The number of carboxylic acid groups (broad SMARTS) is 1. The van der Waals surface area contributed by atoms with Crippen LogP contribution in [0.15, 0.2) is 60.8 Å². The largest absolute Gasteiger partial charge is 0.488 e. The van der Waals surface area contributed by atoms with Gasteiger partial charge in [-0.1, -0.05) is 36.4 Å². The van der Waals surface area contributed by atoms with E-state index >= 15 is 0 Å². The predicted molar refractivity (Wildman–Crippen MR) is 170 cm³/mol. The first-order valence-corrected chi connectivity index (χ1v) is 16.0. The summed E-state index contributed by atoms with van der Waals surface area (Å²) in [7, 11) is 1.42. The number of pyridine rings is 1. The number of fused-ring (bicyclic) bond motifs is 1. The highest BCUT2D eigenvalue weighted by Crippen LogP contribution is 2.41. The molecular weight excluding hydrogens is 568 g/mol. The zero-order chi connectivity index (χ0) is 31.0. The third kappa shape index (κ3) is 5.82. The normalized spacial score (nSPS) is 21.5. The van der Waals surface area contributed by atoms with Crippen molar-refractivity contribution < 1.29 is 24.1 Å². The number of carbonyl (C=O) groups is 1. The topological polar surface area (TPSA) is 98.9 Å². The molecule has 0 radical (unpaired) electrons. The predicted octanol–water partition coefficient (Wildman–Crippen LogP) is 6.38. The second-order valence-electron chi connectivity index (χ2n) is 12.6. The average Bonchev–Trinajstić information content (AvgIpc) is 3.72. The molecule has 7 rings (SSSR count). The van der Waals surface area contributed by atoms with Crippen LogP contribution in [0.1, 0.15) is 71.1 Å². The molecule has 234 valence electrons. The number of carboxylic acids is 1. The molecule has 0 unspecified atom stereocenters. The number of hydrogen-bond donors (Lipinski definition) is 1. The number of methoxy groups -OCH3 is 1. The van der Waals surface area contributed by atoms with Crippen LogP contribution in [0.3, 0.4) is 0 Å². The lowest BCUT2D eigenvalue weighted by molar-refractivity contribution is -0.0437. The Bertz CT molecular complexity index is 1700. The summed E-state index contributed by atoms with van der Waals surface area (Å²) in [5, 5.41) is 13.7. The Morgan fingerprint density at radius 3 is 2.71 bits per heavy atom. The van der Waals surface area contributed by atoms with Gasteiger partial charge >= 0.3 is 5.97 Å². The van der Waals surface area contributed by atoms with E-state index in [1.807, 2.05) is 37.3 Å². The van der Waals surface area contributed by atoms with Crippen molar-refractivity contribution in [3.05, 3.63) is 88.6 Å². The molecule has 0 atom stereocenters. The van der Waals surface area contributed by atoms with E-state index in [2.05, 4.69) is 28.2 Å². The summed E-state index contributed by atoms with van der Waals surface area (Å²) in [4.78, 5) is 19.1. The Morgan fingerprint density at radius 2 is 1.93 bits per heavy atom. The number of nitrogens with zero attached hydrogens (tertiary/aromatic N) is 4. The molecular formula is C36H40N4O5. The van der Waals surface area contributed by atoms with Gasteiger partial charge in [0.2, 0.25) is 5.88 Å². The van der Waals surface area contributed by atoms with Gasteiger partial charge < -0.3 is 19.3 Å². The van der Waals surface area contributed by atoms with Crippen molar-refractivity contribution in [2.24, 2.45) is 0 Å². The third-order valence-corrected chi connectivity index (χ3v) is 9.85. The van der Waals surface area contributed by atoms with E-state index in [1.165, 1.54) is 67.6 Å². The summed E-state index contributed by atoms with van der Waals surface area (Å²) in [6.07, 6.45) is 9.71. The van der Waals surface area contributed by atoms with Crippen molar-refractivity contribution in [3.63, 3.8) is 0 Å². The molecule has 4 heterocycles. The molecule has 2 aromatic heterocycles. The smallest absolute Gasteiger partial charge is 0.342 e. The molecule has 2 aliphatic heterocycles. The highest BCUT2D eigenvalue weighted by Gasteiger charge is 2.40. The number of para-hydroxylation sites is 1. The SMILES string of the molecule is COc1c(C(=O)O)cnn1-c1cccc(-c2cccc(C)c2OCc2ccc3c(c2)CCN([C@H]2CC[C@]4(CCCO4)CC2)C3)n1. The van der Waals surface area contributed by atoms with Crippen LogP contribution in [0.5, 0.6) is 11.6 Å². The lowest BCUT2D eigenvalue weighted by atomic mass is 9.79. The molecule has 9 nitrogen and oxygen atoms in total. The molecule has 3 aliphatic rings. The zero-order valence-corrected chi connectivity index (χ0v) is 26.0. The molecule has 0 bridgehead atoms. The second kappa shape index (κ2) is 12.3. The Morgan fingerprint density at radius 1 is 1.09 bits per heavy atom. The standard InChI is InChI=1S/C36H40N4O5/c1-24-6-3-7-29(31-8-4-9-32(38-31)40-34(43-2)30(21-37-40)35(41)42)33(24)44-23-25-10-11-27-22-39(18-14-26(27)20-25)28-12-16-36(17-13-28)15-5-19-45-36/h3-4,6-11,20-21,28H,5,12-19,22-23H2,1-2H3,(H,41,42)/t28-,36+. The monoisotopic (exact) mass is 608 g/mol. The van der Waals surface area contributed by atoms with Gasteiger partial charge in [-0.3, -0.25) is 4.90 Å². The summed E-state index contributed by atoms with van der Waals surface area (Å²) in [5.74, 6) is 0.229. The summed E-state index contributed by atoms with van der Waals surface area (Å²) in [5.41, 5.74) is 6.73. The van der Waals surface area contributed by atoms with Crippen molar-refractivity contribution in [1.29, 1.82) is 0 Å². The number of benzene rings is 2. The van der Waals surface area contributed by atoms with Crippen molar-refractivity contribution in [2.75, 3.05) is 20.3 Å². The summed E-state index contributed by atoms with van der Waals surface area (Å²) >= 11 is 0.